The van der Waals surface area contributed by atoms with E-state index in [9.17, 15) is 4.79 Å². The Kier molecular flexibility index (Phi) is 5.21. The van der Waals surface area contributed by atoms with Gasteiger partial charge >= 0.3 is 0 Å². The number of hydrogen-bond acceptors (Lipinski definition) is 4. The highest BCUT2D eigenvalue weighted by Crippen LogP contribution is 2.15. The molecule has 110 valence electrons. The molecule has 2 aromatic carbocycles. The van der Waals surface area contributed by atoms with Gasteiger partial charge in [0.05, 0.1) is 13.2 Å². The van der Waals surface area contributed by atoms with Gasteiger partial charge in [-0.3, -0.25) is 4.79 Å². The second kappa shape index (κ2) is 7.33. The molecule has 0 fully saturated rings. The molecule has 0 spiro atoms. The summed E-state index contributed by atoms with van der Waals surface area (Å²) in [5.74, 6) is 1.57. The quantitative estimate of drug-likeness (QED) is 0.481. The number of ether oxygens (including phenoxy) is 2. The zero-order chi connectivity index (χ0) is 15.1. The van der Waals surface area contributed by atoms with E-state index in [0.29, 0.717) is 24.5 Å². The van der Waals surface area contributed by atoms with Crippen molar-refractivity contribution >= 4 is 11.5 Å². The monoisotopic (exact) mass is 285 g/mol. The van der Waals surface area contributed by atoms with Crippen molar-refractivity contribution in [1.82, 2.24) is 0 Å². The van der Waals surface area contributed by atoms with Crippen molar-refractivity contribution < 1.29 is 14.3 Å². The summed E-state index contributed by atoms with van der Waals surface area (Å²) in [5.41, 5.74) is 7.05. The number of Topliss-reactive ketones (excluding diaryl/α,β-unsaturated/α-hetero) is 1. The minimum absolute atomic E-state index is 0.0529. The van der Waals surface area contributed by atoms with Crippen LogP contribution in [0.5, 0.6) is 11.5 Å². The molecule has 0 unspecified atom stereocenters. The van der Waals surface area contributed by atoms with Gasteiger partial charge in [0.2, 0.25) is 0 Å². The van der Waals surface area contributed by atoms with Crippen LogP contribution >= 0.6 is 0 Å². The van der Waals surface area contributed by atoms with Crippen LogP contribution in [0.4, 0.5) is 5.69 Å². The molecule has 2 N–H and O–H groups in total. The Morgan fingerprint density at radius 1 is 1.00 bits per heavy atom. The molecular weight excluding hydrogens is 266 g/mol. The average molecular weight is 285 g/mol. The van der Waals surface area contributed by atoms with Gasteiger partial charge in [-0.15, -0.1) is 0 Å². The number of nitrogen functional groups attached to an aromatic ring is 1. The van der Waals surface area contributed by atoms with Crippen LogP contribution in [0, 0.1) is 0 Å². The van der Waals surface area contributed by atoms with Gasteiger partial charge in [0, 0.05) is 23.7 Å². The molecule has 0 amide bonds. The number of nitrogens with two attached hydrogens (primary N) is 1. The van der Waals surface area contributed by atoms with E-state index in [1.807, 2.05) is 18.2 Å². The van der Waals surface area contributed by atoms with E-state index in [4.69, 9.17) is 15.2 Å². The van der Waals surface area contributed by atoms with E-state index in [1.165, 1.54) is 0 Å². The molecule has 0 aromatic heterocycles. The van der Waals surface area contributed by atoms with Crippen molar-refractivity contribution in [3.63, 3.8) is 0 Å². The summed E-state index contributed by atoms with van der Waals surface area (Å²) >= 11 is 0. The van der Waals surface area contributed by atoms with Gasteiger partial charge < -0.3 is 15.2 Å². The summed E-state index contributed by atoms with van der Waals surface area (Å²) in [4.78, 5) is 11.1. The topological polar surface area (TPSA) is 61.5 Å². The first kappa shape index (κ1) is 14.9. The molecule has 2 rings (SSSR count). The lowest BCUT2D eigenvalue weighted by atomic mass is 10.1. The van der Waals surface area contributed by atoms with Crippen LogP contribution < -0.4 is 15.2 Å². The summed E-state index contributed by atoms with van der Waals surface area (Å²) in [6.07, 6.45) is 0.767. The van der Waals surface area contributed by atoms with Crippen LogP contribution in [-0.4, -0.2) is 19.0 Å². The van der Waals surface area contributed by atoms with Crippen molar-refractivity contribution in [2.75, 3.05) is 18.9 Å². The fourth-order valence-electron chi connectivity index (χ4n) is 1.83. The van der Waals surface area contributed by atoms with Crippen molar-refractivity contribution in [1.29, 1.82) is 0 Å². The van der Waals surface area contributed by atoms with E-state index in [2.05, 4.69) is 0 Å². The minimum atomic E-state index is 0.0529. The lowest BCUT2D eigenvalue weighted by Gasteiger charge is -2.08. The maximum Gasteiger partial charge on any atom is 0.159 e. The molecule has 0 saturated carbocycles. The Morgan fingerprint density at radius 2 is 1.67 bits per heavy atom. The Bertz CT molecular complexity index is 593. The predicted octanol–water partition coefficient (Wildman–Crippen LogP) is 3.32. The Labute approximate surface area is 124 Å². The zero-order valence-corrected chi connectivity index (χ0v) is 12.0. The molecule has 0 saturated heterocycles. The third-order valence-corrected chi connectivity index (χ3v) is 2.95. The maximum atomic E-state index is 11.1. The first-order valence-corrected chi connectivity index (χ1v) is 6.87. The number of carbonyl (C=O) groups excluding carboxylic acids is 1. The number of hydrogen-bond donors (Lipinski definition) is 1. The van der Waals surface area contributed by atoms with E-state index < -0.39 is 0 Å². The number of benzene rings is 2. The van der Waals surface area contributed by atoms with Crippen LogP contribution in [0.3, 0.4) is 0 Å². The Balaban J connectivity index is 1.69. The molecule has 4 heteroatoms. The average Bonchev–Trinajstić information content (AvgIpc) is 2.47. The molecule has 0 atom stereocenters. The smallest absolute Gasteiger partial charge is 0.159 e. The van der Waals surface area contributed by atoms with Gasteiger partial charge in [-0.25, -0.2) is 0 Å². The zero-order valence-electron chi connectivity index (χ0n) is 12.0. The minimum Gasteiger partial charge on any atom is -0.493 e. The van der Waals surface area contributed by atoms with E-state index in [1.54, 1.807) is 37.3 Å². The third-order valence-electron chi connectivity index (χ3n) is 2.95. The number of rotatable bonds is 7. The fraction of sp³-hybridized carbons (Fsp3) is 0.235. The summed E-state index contributed by atoms with van der Waals surface area (Å²) in [6, 6.07) is 14.5. The van der Waals surface area contributed by atoms with Crippen molar-refractivity contribution in [2.45, 2.75) is 13.3 Å². The summed E-state index contributed by atoms with van der Waals surface area (Å²) in [5, 5.41) is 0. The van der Waals surface area contributed by atoms with Crippen molar-refractivity contribution in [3.05, 3.63) is 54.1 Å². The van der Waals surface area contributed by atoms with Crippen LogP contribution in [0.15, 0.2) is 48.5 Å². The lowest BCUT2D eigenvalue weighted by Crippen LogP contribution is -2.05. The molecule has 0 aliphatic heterocycles. The highest BCUT2D eigenvalue weighted by Gasteiger charge is 2.00. The molecule has 0 aliphatic rings. The molecule has 4 nitrogen and oxygen atoms in total. The largest absolute Gasteiger partial charge is 0.493 e. The normalized spacial score (nSPS) is 10.1. The van der Waals surface area contributed by atoms with E-state index in [-0.39, 0.29) is 5.78 Å². The Hall–Kier alpha value is -2.49. The first-order valence-electron chi connectivity index (χ1n) is 6.87. The van der Waals surface area contributed by atoms with Crippen molar-refractivity contribution in [2.24, 2.45) is 0 Å². The molecule has 0 radical (unpaired) electrons. The van der Waals surface area contributed by atoms with Gasteiger partial charge in [-0.05, 0) is 43.3 Å². The van der Waals surface area contributed by atoms with Crippen LogP contribution in [0.25, 0.3) is 0 Å². The van der Waals surface area contributed by atoms with Gasteiger partial charge in [-0.1, -0.05) is 6.07 Å². The number of anilines is 1. The summed E-state index contributed by atoms with van der Waals surface area (Å²) < 4.78 is 11.2. The summed E-state index contributed by atoms with van der Waals surface area (Å²) in [7, 11) is 0. The second-order valence-electron chi connectivity index (χ2n) is 4.70. The van der Waals surface area contributed by atoms with Crippen LogP contribution in [0.1, 0.15) is 23.7 Å². The molecule has 0 bridgehead atoms. The molecule has 0 aliphatic carbocycles. The highest BCUT2D eigenvalue weighted by molar-refractivity contribution is 5.94. The lowest BCUT2D eigenvalue weighted by molar-refractivity contribution is 0.101. The van der Waals surface area contributed by atoms with E-state index >= 15 is 0 Å². The maximum absolute atomic E-state index is 11.1. The second-order valence-corrected chi connectivity index (χ2v) is 4.70. The number of carbonyl (C=O) groups is 1. The van der Waals surface area contributed by atoms with Crippen molar-refractivity contribution in [3.8, 4) is 11.5 Å². The van der Waals surface area contributed by atoms with E-state index in [0.717, 1.165) is 17.9 Å². The standard InChI is InChI=1S/C17H19NO3/c1-13(19)14-6-8-16(9-7-14)20-10-3-11-21-17-5-2-4-15(18)12-17/h2,4-9,12H,3,10-11,18H2,1H3. The highest BCUT2D eigenvalue weighted by atomic mass is 16.5. The fourth-order valence-corrected chi connectivity index (χ4v) is 1.83. The molecule has 2 aromatic rings. The Morgan fingerprint density at radius 3 is 2.29 bits per heavy atom. The SMILES string of the molecule is CC(=O)c1ccc(OCCCOc2cccc(N)c2)cc1. The number of ketones is 1. The van der Waals surface area contributed by atoms with Gasteiger partial charge in [0.1, 0.15) is 11.5 Å². The predicted molar refractivity (Wildman–Crippen MR) is 82.9 cm³/mol. The van der Waals surface area contributed by atoms with Gasteiger partial charge in [0.25, 0.3) is 0 Å². The molecular formula is C17H19NO3. The molecule has 0 heterocycles. The van der Waals surface area contributed by atoms with Crippen LogP contribution in [-0.2, 0) is 0 Å². The molecule has 21 heavy (non-hydrogen) atoms. The third kappa shape index (κ3) is 4.84. The first-order chi connectivity index (χ1) is 10.1. The van der Waals surface area contributed by atoms with Gasteiger partial charge in [-0.2, -0.15) is 0 Å². The summed E-state index contributed by atoms with van der Waals surface area (Å²) in [6.45, 7) is 2.67. The van der Waals surface area contributed by atoms with Gasteiger partial charge in [0.15, 0.2) is 5.78 Å². The van der Waals surface area contributed by atoms with Crippen LogP contribution in [0.2, 0.25) is 0 Å².